The fourth-order valence-electron chi connectivity index (χ4n) is 3.15. The second kappa shape index (κ2) is 7.52. The van der Waals surface area contributed by atoms with Crippen molar-refractivity contribution in [3.8, 4) is 0 Å². The van der Waals surface area contributed by atoms with Crippen LogP contribution in [-0.2, 0) is 11.2 Å². The van der Waals surface area contributed by atoms with Crippen LogP contribution in [0.4, 0.5) is 0 Å². The van der Waals surface area contributed by atoms with Gasteiger partial charge in [0.1, 0.15) is 5.25 Å². The zero-order valence-electron chi connectivity index (χ0n) is 12.4. The first-order valence-corrected chi connectivity index (χ1v) is 8.50. The summed E-state index contributed by atoms with van der Waals surface area (Å²) in [5.74, 6) is 1.37. The predicted octanol–water partition coefficient (Wildman–Crippen LogP) is 2.65. The minimum atomic E-state index is 0. The van der Waals surface area contributed by atoms with E-state index in [1.165, 1.54) is 11.1 Å². The Balaban J connectivity index is 0.00000161. The van der Waals surface area contributed by atoms with Crippen LogP contribution in [0.5, 0.6) is 0 Å². The van der Waals surface area contributed by atoms with Crippen molar-refractivity contribution in [2.45, 2.75) is 30.6 Å². The Kier molecular flexibility index (Phi) is 5.97. The zero-order chi connectivity index (χ0) is 13.9. The van der Waals surface area contributed by atoms with Gasteiger partial charge in [0, 0.05) is 19.1 Å². The lowest BCUT2D eigenvalue weighted by Gasteiger charge is -2.35. The van der Waals surface area contributed by atoms with Gasteiger partial charge in [0.15, 0.2) is 0 Å². The summed E-state index contributed by atoms with van der Waals surface area (Å²) >= 11 is 1.81. The Morgan fingerprint density at radius 1 is 1.29 bits per heavy atom. The molecule has 3 rings (SSSR count). The van der Waals surface area contributed by atoms with E-state index in [4.69, 9.17) is 0 Å². The van der Waals surface area contributed by atoms with Crippen LogP contribution in [0.1, 0.15) is 29.2 Å². The summed E-state index contributed by atoms with van der Waals surface area (Å²) in [6.45, 7) is 1.78. The predicted molar refractivity (Wildman–Crippen MR) is 91.3 cm³/mol. The van der Waals surface area contributed by atoms with E-state index in [1.54, 1.807) is 0 Å². The van der Waals surface area contributed by atoms with Crippen LogP contribution in [0.2, 0.25) is 0 Å². The Hall–Kier alpha value is -0.710. The molecule has 0 spiro atoms. The molecule has 2 aliphatic heterocycles. The fourth-order valence-corrected chi connectivity index (χ4v) is 4.43. The molecule has 1 unspecified atom stereocenters. The number of amides is 1. The van der Waals surface area contributed by atoms with Crippen molar-refractivity contribution < 1.29 is 4.79 Å². The minimum Gasteiger partial charge on any atom is -0.341 e. The van der Waals surface area contributed by atoms with Gasteiger partial charge in [-0.2, -0.15) is 0 Å². The molecule has 1 atom stereocenters. The van der Waals surface area contributed by atoms with Gasteiger partial charge < -0.3 is 10.2 Å². The normalized spacial score (nSPS) is 22.3. The number of benzene rings is 1. The molecule has 1 amide bonds. The largest absolute Gasteiger partial charge is 0.341 e. The number of nitrogens with one attached hydrogen (secondary N) is 1. The van der Waals surface area contributed by atoms with Crippen molar-refractivity contribution >= 4 is 30.1 Å². The van der Waals surface area contributed by atoms with E-state index in [-0.39, 0.29) is 17.7 Å². The molecule has 0 aliphatic carbocycles. The van der Waals surface area contributed by atoms with Gasteiger partial charge >= 0.3 is 0 Å². The molecule has 1 aromatic carbocycles. The van der Waals surface area contributed by atoms with Gasteiger partial charge in [-0.25, -0.2) is 0 Å². The number of likely N-dealkylation sites (tertiary alicyclic amines) is 1. The van der Waals surface area contributed by atoms with Crippen LogP contribution in [0.25, 0.3) is 0 Å². The van der Waals surface area contributed by atoms with Crippen LogP contribution in [-0.4, -0.2) is 42.7 Å². The van der Waals surface area contributed by atoms with Gasteiger partial charge in [-0.15, -0.1) is 24.2 Å². The van der Waals surface area contributed by atoms with Crippen LogP contribution in [0.15, 0.2) is 24.3 Å². The molecule has 21 heavy (non-hydrogen) atoms. The summed E-state index contributed by atoms with van der Waals surface area (Å²) in [7, 11) is 2.01. The molecule has 2 heterocycles. The van der Waals surface area contributed by atoms with E-state index in [2.05, 4.69) is 34.5 Å². The second-order valence-electron chi connectivity index (χ2n) is 5.59. The Morgan fingerprint density at radius 2 is 2.00 bits per heavy atom. The molecule has 116 valence electrons. The summed E-state index contributed by atoms with van der Waals surface area (Å²) < 4.78 is 0. The summed E-state index contributed by atoms with van der Waals surface area (Å²) in [4.78, 5) is 14.9. The molecule has 1 fully saturated rings. The molecule has 0 bridgehead atoms. The Bertz CT molecular complexity index is 489. The Morgan fingerprint density at radius 3 is 2.71 bits per heavy atom. The molecule has 0 aromatic heterocycles. The van der Waals surface area contributed by atoms with Crippen molar-refractivity contribution in [3.05, 3.63) is 35.4 Å². The highest BCUT2D eigenvalue weighted by Gasteiger charge is 2.32. The SMILES string of the molecule is CNC1CCN(C(=O)C2SCCc3ccccc32)CC1.Cl. The number of piperidine rings is 1. The van der Waals surface area contributed by atoms with Gasteiger partial charge in [0.05, 0.1) is 0 Å². The molecule has 2 aliphatic rings. The lowest BCUT2D eigenvalue weighted by molar-refractivity contribution is -0.131. The number of fused-ring (bicyclic) bond motifs is 1. The zero-order valence-corrected chi connectivity index (χ0v) is 14.0. The maximum Gasteiger partial charge on any atom is 0.240 e. The highest BCUT2D eigenvalue weighted by molar-refractivity contribution is 8.00. The lowest BCUT2D eigenvalue weighted by atomic mass is 9.99. The van der Waals surface area contributed by atoms with E-state index in [1.807, 2.05) is 18.8 Å². The number of thioether (sulfide) groups is 1. The average molecular weight is 327 g/mol. The van der Waals surface area contributed by atoms with E-state index in [0.29, 0.717) is 11.9 Å². The first kappa shape index (κ1) is 16.7. The van der Waals surface area contributed by atoms with Crippen molar-refractivity contribution in [2.24, 2.45) is 0 Å². The van der Waals surface area contributed by atoms with E-state index in [0.717, 1.165) is 38.1 Å². The average Bonchev–Trinajstić information content (AvgIpc) is 2.54. The quantitative estimate of drug-likeness (QED) is 0.907. The summed E-state index contributed by atoms with van der Waals surface area (Å²) in [5.41, 5.74) is 2.60. The first-order valence-electron chi connectivity index (χ1n) is 7.45. The third-order valence-corrected chi connectivity index (χ3v) is 5.66. The van der Waals surface area contributed by atoms with Gasteiger partial charge in [0.2, 0.25) is 5.91 Å². The molecule has 3 nitrogen and oxygen atoms in total. The number of halogens is 1. The maximum atomic E-state index is 12.8. The fraction of sp³-hybridized carbons (Fsp3) is 0.562. The van der Waals surface area contributed by atoms with Crippen LogP contribution >= 0.6 is 24.2 Å². The molecule has 1 saturated heterocycles. The number of hydrogen-bond acceptors (Lipinski definition) is 3. The van der Waals surface area contributed by atoms with Crippen molar-refractivity contribution in [1.82, 2.24) is 10.2 Å². The van der Waals surface area contributed by atoms with E-state index >= 15 is 0 Å². The third-order valence-electron chi connectivity index (χ3n) is 4.43. The van der Waals surface area contributed by atoms with Gasteiger partial charge in [0.25, 0.3) is 0 Å². The van der Waals surface area contributed by atoms with Gasteiger partial charge in [-0.3, -0.25) is 4.79 Å². The summed E-state index contributed by atoms with van der Waals surface area (Å²) in [6, 6.07) is 9.00. The molecule has 0 saturated carbocycles. The number of carbonyl (C=O) groups excluding carboxylic acids is 1. The van der Waals surface area contributed by atoms with Gasteiger partial charge in [-0.1, -0.05) is 24.3 Å². The highest BCUT2D eigenvalue weighted by Crippen LogP contribution is 2.38. The Labute approximate surface area is 137 Å². The third kappa shape index (κ3) is 3.55. The van der Waals surface area contributed by atoms with Crippen LogP contribution < -0.4 is 5.32 Å². The molecule has 0 radical (unpaired) electrons. The minimum absolute atomic E-state index is 0. The number of hydrogen-bond donors (Lipinski definition) is 1. The van der Waals surface area contributed by atoms with Crippen LogP contribution in [0, 0.1) is 0 Å². The summed E-state index contributed by atoms with van der Waals surface area (Å²) in [6.07, 6.45) is 3.23. The number of aryl methyl sites for hydroxylation is 1. The first-order chi connectivity index (χ1) is 9.79. The second-order valence-corrected chi connectivity index (χ2v) is 6.80. The molecular formula is C16H23ClN2OS. The molecule has 5 heteroatoms. The van der Waals surface area contributed by atoms with Gasteiger partial charge in [-0.05, 0) is 43.2 Å². The number of rotatable bonds is 2. The highest BCUT2D eigenvalue weighted by atomic mass is 35.5. The number of nitrogens with zero attached hydrogens (tertiary/aromatic N) is 1. The van der Waals surface area contributed by atoms with Crippen molar-refractivity contribution in [1.29, 1.82) is 0 Å². The van der Waals surface area contributed by atoms with Crippen LogP contribution in [0.3, 0.4) is 0 Å². The van der Waals surface area contributed by atoms with Crippen molar-refractivity contribution in [3.63, 3.8) is 0 Å². The topological polar surface area (TPSA) is 32.3 Å². The van der Waals surface area contributed by atoms with E-state index < -0.39 is 0 Å². The maximum absolute atomic E-state index is 12.8. The lowest BCUT2D eigenvalue weighted by Crippen LogP contribution is -2.45. The molecular weight excluding hydrogens is 304 g/mol. The molecule has 1 aromatic rings. The van der Waals surface area contributed by atoms with Crippen molar-refractivity contribution in [2.75, 3.05) is 25.9 Å². The molecule has 1 N–H and O–H groups in total. The number of carbonyl (C=O) groups is 1. The monoisotopic (exact) mass is 326 g/mol. The standard InChI is InChI=1S/C16H22N2OS.ClH/c1-17-13-6-9-18(10-7-13)16(19)15-14-5-3-2-4-12(14)8-11-20-15;/h2-5,13,15,17H,6-11H2,1H3;1H. The summed E-state index contributed by atoms with van der Waals surface area (Å²) in [5, 5.41) is 3.33. The smallest absolute Gasteiger partial charge is 0.240 e. The van der Waals surface area contributed by atoms with E-state index in [9.17, 15) is 4.79 Å².